The highest BCUT2D eigenvalue weighted by molar-refractivity contribution is 7.89. The number of alkyl halides is 3. The summed E-state index contributed by atoms with van der Waals surface area (Å²) in [5.41, 5.74) is -1.26. The van der Waals surface area contributed by atoms with Gasteiger partial charge in [-0.1, -0.05) is 29.9 Å². The molecule has 0 saturated heterocycles. The van der Waals surface area contributed by atoms with Crippen LogP contribution in [0, 0.1) is 0 Å². The third-order valence-electron chi connectivity index (χ3n) is 3.21. The molecule has 0 aliphatic heterocycles. The van der Waals surface area contributed by atoms with Crippen molar-refractivity contribution < 1.29 is 26.4 Å². The maximum Gasteiger partial charge on any atom is 0.417 e. The lowest BCUT2D eigenvalue weighted by Crippen LogP contribution is -2.28. The lowest BCUT2D eigenvalue weighted by atomic mass is 10.2. The average Bonchev–Trinajstić information content (AvgIpc) is 3.01. The number of amides is 1. The number of halogens is 4. The van der Waals surface area contributed by atoms with Gasteiger partial charge in [0.1, 0.15) is 5.01 Å². The number of sulfonamides is 1. The van der Waals surface area contributed by atoms with Crippen LogP contribution in [-0.2, 0) is 27.4 Å². The van der Waals surface area contributed by atoms with Gasteiger partial charge in [-0.25, -0.2) is 13.1 Å². The summed E-state index contributed by atoms with van der Waals surface area (Å²) in [7, 11) is -4.24. The molecule has 0 saturated carbocycles. The van der Waals surface area contributed by atoms with Crippen LogP contribution in [0.4, 0.5) is 18.3 Å². The van der Waals surface area contributed by atoms with E-state index in [1.54, 1.807) is 0 Å². The van der Waals surface area contributed by atoms with Crippen LogP contribution in [-0.4, -0.2) is 31.1 Å². The summed E-state index contributed by atoms with van der Waals surface area (Å²) in [5, 5.41) is 10.4. The van der Waals surface area contributed by atoms with Gasteiger partial charge in [-0.3, -0.25) is 4.79 Å². The second kappa shape index (κ2) is 8.50. The molecule has 148 valence electrons. The fourth-order valence-corrected chi connectivity index (χ4v) is 3.88. The minimum absolute atomic E-state index is 0.236. The van der Waals surface area contributed by atoms with E-state index in [4.69, 9.17) is 11.6 Å². The van der Waals surface area contributed by atoms with Gasteiger partial charge in [0.25, 0.3) is 0 Å². The van der Waals surface area contributed by atoms with Crippen molar-refractivity contribution in [1.29, 1.82) is 0 Å². The lowest BCUT2D eigenvalue weighted by molar-refractivity contribution is -0.137. The molecule has 13 heteroatoms. The van der Waals surface area contributed by atoms with Crippen molar-refractivity contribution >= 4 is 44.0 Å². The molecule has 2 N–H and O–H groups in total. The minimum Gasteiger partial charge on any atom is -0.300 e. The zero-order valence-electron chi connectivity index (χ0n) is 13.8. The zero-order valence-corrected chi connectivity index (χ0v) is 16.2. The SMILES string of the molecule is CCc1nnc(NC(=O)CCNS(=O)(=O)c2ccc(Cl)c(C(F)(F)F)c2)s1. The Labute approximate surface area is 162 Å². The largest absolute Gasteiger partial charge is 0.417 e. The number of anilines is 1. The number of benzene rings is 1. The summed E-state index contributed by atoms with van der Waals surface area (Å²) in [6.45, 7) is 1.57. The lowest BCUT2D eigenvalue weighted by Gasteiger charge is -2.12. The first-order chi connectivity index (χ1) is 12.5. The number of aryl methyl sites for hydroxylation is 1. The van der Waals surface area contributed by atoms with E-state index in [2.05, 4.69) is 20.2 Å². The molecule has 0 bridgehead atoms. The molecule has 0 aliphatic carbocycles. The van der Waals surface area contributed by atoms with E-state index < -0.39 is 37.6 Å². The maximum absolute atomic E-state index is 12.8. The van der Waals surface area contributed by atoms with Gasteiger partial charge < -0.3 is 5.32 Å². The molecule has 0 radical (unpaired) electrons. The molecule has 0 spiro atoms. The first-order valence-electron chi connectivity index (χ1n) is 7.51. The molecule has 2 rings (SSSR count). The Morgan fingerprint density at radius 2 is 2.00 bits per heavy atom. The predicted molar refractivity (Wildman–Crippen MR) is 94.2 cm³/mol. The number of carbonyl (C=O) groups is 1. The number of hydrogen-bond donors (Lipinski definition) is 2. The summed E-state index contributed by atoms with van der Waals surface area (Å²) in [6.07, 6.45) is -4.37. The standard InChI is InChI=1S/C14H14ClF3N4O3S2/c1-2-12-21-22-13(26-12)20-11(23)5-6-19-27(24,25)8-3-4-10(15)9(7-8)14(16,17)18/h3-4,7,19H,2,5-6H2,1H3,(H,20,22,23). The van der Waals surface area contributed by atoms with Crippen LogP contribution in [0.2, 0.25) is 5.02 Å². The van der Waals surface area contributed by atoms with Crippen LogP contribution < -0.4 is 10.0 Å². The molecule has 27 heavy (non-hydrogen) atoms. The average molecular weight is 443 g/mol. The first kappa shape index (κ1) is 21.5. The highest BCUT2D eigenvalue weighted by Crippen LogP contribution is 2.35. The van der Waals surface area contributed by atoms with Crippen LogP contribution in [0.3, 0.4) is 0 Å². The number of aromatic nitrogens is 2. The minimum atomic E-state index is -4.79. The molecule has 7 nitrogen and oxygen atoms in total. The summed E-state index contributed by atoms with van der Waals surface area (Å²) < 4.78 is 64.9. The third-order valence-corrected chi connectivity index (χ3v) is 5.98. The number of nitrogens with one attached hydrogen (secondary N) is 2. The van der Waals surface area contributed by atoms with Crippen LogP contribution in [0.5, 0.6) is 0 Å². The van der Waals surface area contributed by atoms with Gasteiger partial charge in [0.05, 0.1) is 15.5 Å². The Hall–Kier alpha value is -1.76. The van der Waals surface area contributed by atoms with Crippen LogP contribution in [0.25, 0.3) is 0 Å². The van der Waals surface area contributed by atoms with Gasteiger partial charge in [0.15, 0.2) is 0 Å². The van der Waals surface area contributed by atoms with Gasteiger partial charge in [0.2, 0.25) is 21.1 Å². The van der Waals surface area contributed by atoms with E-state index in [9.17, 15) is 26.4 Å². The van der Waals surface area contributed by atoms with Crippen molar-refractivity contribution in [3.05, 3.63) is 33.8 Å². The Bertz CT molecular complexity index is 932. The van der Waals surface area contributed by atoms with Crippen molar-refractivity contribution in [3.8, 4) is 0 Å². The zero-order chi connectivity index (χ0) is 20.2. The number of carbonyl (C=O) groups excluding carboxylic acids is 1. The van der Waals surface area contributed by atoms with Crippen LogP contribution >= 0.6 is 22.9 Å². The third kappa shape index (κ3) is 5.86. The summed E-state index contributed by atoms with van der Waals surface area (Å²) >= 11 is 6.66. The molecule has 0 fully saturated rings. The highest BCUT2D eigenvalue weighted by Gasteiger charge is 2.34. The van der Waals surface area contributed by atoms with Crippen molar-refractivity contribution in [3.63, 3.8) is 0 Å². The molecule has 1 heterocycles. The molecule has 0 aliphatic rings. The highest BCUT2D eigenvalue weighted by atomic mass is 35.5. The summed E-state index contributed by atoms with van der Waals surface area (Å²) in [4.78, 5) is 11.2. The van der Waals surface area contributed by atoms with Gasteiger partial charge in [-0.2, -0.15) is 13.2 Å². The molecule has 0 unspecified atom stereocenters. The normalized spacial score (nSPS) is 12.2. The Balaban J connectivity index is 1.97. The first-order valence-corrected chi connectivity index (χ1v) is 10.2. The molecule has 2 aromatic rings. The van der Waals surface area contributed by atoms with Gasteiger partial charge in [-0.15, -0.1) is 10.2 Å². The van der Waals surface area contributed by atoms with Gasteiger partial charge in [0, 0.05) is 13.0 Å². The van der Waals surface area contributed by atoms with Crippen LogP contribution in [0.15, 0.2) is 23.1 Å². The smallest absolute Gasteiger partial charge is 0.300 e. The van der Waals surface area contributed by atoms with E-state index in [1.165, 1.54) is 11.3 Å². The molecule has 0 atom stereocenters. The molecule has 1 aromatic carbocycles. The second-order valence-electron chi connectivity index (χ2n) is 5.19. The summed E-state index contributed by atoms with van der Waals surface area (Å²) in [6, 6.07) is 2.25. The van der Waals surface area contributed by atoms with E-state index in [0.717, 1.165) is 17.1 Å². The van der Waals surface area contributed by atoms with Crippen molar-refractivity contribution in [2.24, 2.45) is 0 Å². The van der Waals surface area contributed by atoms with E-state index in [1.807, 2.05) is 6.92 Å². The Morgan fingerprint density at radius 1 is 1.30 bits per heavy atom. The van der Waals surface area contributed by atoms with E-state index in [0.29, 0.717) is 12.5 Å². The maximum atomic E-state index is 12.8. The van der Waals surface area contributed by atoms with Gasteiger partial charge in [-0.05, 0) is 24.6 Å². The molecule has 1 amide bonds. The van der Waals surface area contributed by atoms with Crippen molar-refractivity contribution in [2.45, 2.75) is 30.8 Å². The number of rotatable bonds is 7. The van der Waals surface area contributed by atoms with E-state index >= 15 is 0 Å². The topological polar surface area (TPSA) is 101 Å². The van der Waals surface area contributed by atoms with Crippen molar-refractivity contribution in [1.82, 2.24) is 14.9 Å². The Morgan fingerprint density at radius 3 is 2.59 bits per heavy atom. The van der Waals surface area contributed by atoms with E-state index in [-0.39, 0.29) is 18.1 Å². The number of nitrogens with zero attached hydrogens (tertiary/aromatic N) is 2. The number of hydrogen-bond acceptors (Lipinski definition) is 6. The van der Waals surface area contributed by atoms with Gasteiger partial charge >= 0.3 is 6.18 Å². The molecular formula is C14H14ClF3N4O3S2. The predicted octanol–water partition coefficient (Wildman–Crippen LogP) is 3.08. The van der Waals surface area contributed by atoms with Crippen LogP contribution in [0.1, 0.15) is 23.9 Å². The molecule has 1 aromatic heterocycles. The molecular weight excluding hydrogens is 429 g/mol. The Kier molecular flexibility index (Phi) is 6.78. The quantitative estimate of drug-likeness (QED) is 0.686. The summed E-state index contributed by atoms with van der Waals surface area (Å²) in [5.74, 6) is -0.511. The second-order valence-corrected chi connectivity index (χ2v) is 8.43. The fourth-order valence-electron chi connectivity index (χ4n) is 1.90. The van der Waals surface area contributed by atoms with Crippen molar-refractivity contribution in [2.75, 3.05) is 11.9 Å². The fraction of sp³-hybridized carbons (Fsp3) is 0.357. The monoisotopic (exact) mass is 442 g/mol.